The fourth-order valence-electron chi connectivity index (χ4n) is 4.27. The Morgan fingerprint density at radius 3 is 1.49 bits per heavy atom. The van der Waals surface area contributed by atoms with E-state index in [4.69, 9.17) is 8.83 Å². The zero-order valence-electron chi connectivity index (χ0n) is 22.6. The molecule has 2 aromatic carbocycles. The fourth-order valence-corrected chi connectivity index (χ4v) is 4.27. The first-order valence-corrected chi connectivity index (χ1v) is 12.7. The van der Waals surface area contributed by atoms with E-state index in [0.29, 0.717) is 11.1 Å². The van der Waals surface area contributed by atoms with E-state index in [0.717, 1.165) is 19.2 Å². The maximum atomic E-state index is 13.1. The van der Waals surface area contributed by atoms with Crippen LogP contribution in [0.1, 0.15) is 52.5 Å². The van der Waals surface area contributed by atoms with Crippen molar-refractivity contribution in [2.24, 2.45) is 0 Å². The second-order valence-corrected chi connectivity index (χ2v) is 9.30. The quantitative estimate of drug-likeness (QED) is 0.119. The number of carbonyl (C=O) groups excluding carboxylic acids is 1. The van der Waals surface area contributed by atoms with Gasteiger partial charge in [-0.3, -0.25) is 4.79 Å². The molecule has 4 rings (SSSR count). The third-order valence-electron chi connectivity index (χ3n) is 6.41. The Bertz CT molecular complexity index is 1720. The van der Waals surface area contributed by atoms with Crippen LogP contribution in [0.5, 0.6) is 34.5 Å². The van der Waals surface area contributed by atoms with Crippen LogP contribution >= 0.6 is 0 Å². The number of benzene rings is 2. The summed E-state index contributed by atoms with van der Waals surface area (Å²) in [6, 6.07) is 10.2. The van der Waals surface area contributed by atoms with Crippen LogP contribution < -0.4 is 11.3 Å². The number of aromatic hydroxyl groups is 6. The third kappa shape index (κ3) is 7.06. The number of phenols is 4. The molecule has 0 bridgehead atoms. The Morgan fingerprint density at radius 2 is 1.12 bits per heavy atom. The molecule has 0 fully saturated rings. The van der Waals surface area contributed by atoms with E-state index in [1.807, 2.05) is 0 Å². The van der Waals surface area contributed by atoms with Gasteiger partial charge in [0.05, 0.1) is 18.2 Å². The maximum absolute atomic E-state index is 13.1. The molecule has 0 aliphatic rings. The minimum atomic E-state index is -1.34. The van der Waals surface area contributed by atoms with Gasteiger partial charge >= 0.3 is 17.2 Å². The topological polar surface area (TPSA) is 208 Å². The van der Waals surface area contributed by atoms with Crippen LogP contribution in [0.3, 0.4) is 0 Å². The second kappa shape index (κ2) is 12.7. The summed E-state index contributed by atoms with van der Waals surface area (Å²) in [5, 5.41) is 59.9. The summed E-state index contributed by atoms with van der Waals surface area (Å²) in [6.07, 6.45) is 4.99. The average molecular weight is 591 g/mol. The molecule has 0 unspecified atom stereocenters. The molecule has 0 aliphatic heterocycles. The van der Waals surface area contributed by atoms with Gasteiger partial charge in [-0.1, -0.05) is 24.3 Å². The smallest absolute Gasteiger partial charge is 0.343 e. The van der Waals surface area contributed by atoms with Crippen LogP contribution in [-0.4, -0.2) is 43.7 Å². The van der Waals surface area contributed by atoms with Crippen molar-refractivity contribution in [3.8, 4) is 34.5 Å². The van der Waals surface area contributed by atoms with Gasteiger partial charge in [-0.2, -0.15) is 0 Å². The zero-order valence-corrected chi connectivity index (χ0v) is 22.6. The Morgan fingerprint density at radius 1 is 0.674 bits per heavy atom. The minimum Gasteiger partial charge on any atom is -0.507 e. The highest BCUT2D eigenvalue weighted by atomic mass is 16.5. The van der Waals surface area contributed by atoms with Gasteiger partial charge in [0, 0.05) is 24.5 Å². The fraction of sp³-hybridized carbons (Fsp3) is 0.129. The average Bonchev–Trinajstić information content (AvgIpc) is 2.95. The summed E-state index contributed by atoms with van der Waals surface area (Å²) < 4.78 is 15.3. The third-order valence-corrected chi connectivity index (χ3v) is 6.41. The lowest BCUT2D eigenvalue weighted by Gasteiger charge is -2.17. The molecule has 4 aromatic rings. The number of carbonyl (C=O) groups is 1. The number of phenolic OH excluding ortho intramolecular Hbond substituents is 4. The van der Waals surface area contributed by atoms with Gasteiger partial charge in [0.1, 0.15) is 23.0 Å². The lowest BCUT2D eigenvalue weighted by Crippen LogP contribution is -2.21. The van der Waals surface area contributed by atoms with Gasteiger partial charge in [0.2, 0.25) is 0 Å². The number of hydrogen-bond acceptors (Lipinski definition) is 12. The maximum Gasteiger partial charge on any atom is 0.343 e. The lowest BCUT2D eigenvalue weighted by atomic mass is 9.88. The molecular weight excluding hydrogens is 564 g/mol. The van der Waals surface area contributed by atoms with Crippen LogP contribution in [0.2, 0.25) is 0 Å². The van der Waals surface area contributed by atoms with Gasteiger partial charge in [0.15, 0.2) is 23.0 Å². The molecule has 2 aromatic heterocycles. The molecule has 0 saturated heterocycles. The highest BCUT2D eigenvalue weighted by molar-refractivity contribution is 5.71. The predicted molar refractivity (Wildman–Crippen MR) is 154 cm³/mol. The molecule has 0 saturated carbocycles. The number of methoxy groups -OCH3 is 1. The molecular formula is C31H26O12. The number of hydrogen-bond donors (Lipinski definition) is 6. The predicted octanol–water partition coefficient (Wildman–Crippen LogP) is 4.25. The largest absolute Gasteiger partial charge is 0.507 e. The van der Waals surface area contributed by atoms with Crippen molar-refractivity contribution in [2.75, 3.05) is 7.11 Å². The summed E-state index contributed by atoms with van der Waals surface area (Å²) in [7, 11) is 1.15. The second-order valence-electron chi connectivity index (χ2n) is 9.30. The summed E-state index contributed by atoms with van der Waals surface area (Å²) in [4.78, 5) is 38.1. The van der Waals surface area contributed by atoms with Crippen molar-refractivity contribution >= 4 is 30.3 Å². The number of esters is 1. The monoisotopic (exact) mass is 590 g/mol. The summed E-state index contributed by atoms with van der Waals surface area (Å²) in [5.74, 6) is -4.76. The van der Waals surface area contributed by atoms with Crippen molar-refractivity contribution < 1.29 is 49.0 Å². The highest BCUT2D eigenvalue weighted by Gasteiger charge is 2.30. The van der Waals surface area contributed by atoms with E-state index in [9.17, 15) is 45.0 Å². The molecule has 0 spiro atoms. The van der Waals surface area contributed by atoms with E-state index in [1.165, 1.54) is 60.7 Å². The molecule has 6 N–H and O–H groups in total. The molecule has 0 radical (unpaired) electrons. The van der Waals surface area contributed by atoms with Crippen LogP contribution in [0.4, 0.5) is 0 Å². The highest BCUT2D eigenvalue weighted by Crippen LogP contribution is 2.36. The van der Waals surface area contributed by atoms with Gasteiger partial charge < -0.3 is 44.2 Å². The Kier molecular flexibility index (Phi) is 8.90. The van der Waals surface area contributed by atoms with Crippen molar-refractivity contribution in [3.63, 3.8) is 0 Å². The van der Waals surface area contributed by atoms with Crippen LogP contribution in [0.25, 0.3) is 24.3 Å². The Hall–Kier alpha value is -5.91. The first kappa shape index (κ1) is 30.1. The summed E-state index contributed by atoms with van der Waals surface area (Å²) in [5.41, 5.74) is -2.05. The SMILES string of the molecule is COC(=O)CCC(c1c(O)cc(/C=C/c2ccc(O)c(O)c2)oc1=O)c1c(O)cc(/C=C/c2ccc(O)c(O)c2)oc1=O. The van der Waals surface area contributed by atoms with Gasteiger partial charge in [-0.15, -0.1) is 0 Å². The van der Waals surface area contributed by atoms with Crippen molar-refractivity contribution in [2.45, 2.75) is 18.8 Å². The molecule has 0 atom stereocenters. The number of ether oxygens (including phenoxy) is 1. The van der Waals surface area contributed by atoms with Crippen molar-refractivity contribution in [3.05, 3.63) is 103 Å². The first-order chi connectivity index (χ1) is 20.5. The van der Waals surface area contributed by atoms with E-state index in [2.05, 4.69) is 4.74 Å². The summed E-state index contributed by atoms with van der Waals surface area (Å²) >= 11 is 0. The molecule has 12 nitrogen and oxygen atoms in total. The summed E-state index contributed by atoms with van der Waals surface area (Å²) in [6.45, 7) is 0. The van der Waals surface area contributed by atoms with Crippen LogP contribution in [-0.2, 0) is 9.53 Å². The van der Waals surface area contributed by atoms with E-state index in [-0.39, 0.29) is 47.4 Å². The molecule has 222 valence electrons. The Labute approximate surface area is 242 Å². The molecule has 43 heavy (non-hydrogen) atoms. The molecule has 12 heteroatoms. The Balaban J connectivity index is 1.71. The first-order valence-electron chi connectivity index (χ1n) is 12.7. The zero-order chi connectivity index (χ0) is 31.3. The minimum absolute atomic E-state index is 0.0949. The van der Waals surface area contributed by atoms with Gasteiger partial charge in [-0.05, 0) is 54.0 Å². The van der Waals surface area contributed by atoms with Crippen molar-refractivity contribution in [1.82, 2.24) is 0 Å². The van der Waals surface area contributed by atoms with Gasteiger partial charge in [-0.25, -0.2) is 9.59 Å². The van der Waals surface area contributed by atoms with E-state index in [1.54, 1.807) is 0 Å². The van der Waals surface area contributed by atoms with E-state index >= 15 is 0 Å². The number of rotatable bonds is 9. The van der Waals surface area contributed by atoms with Gasteiger partial charge in [0.25, 0.3) is 0 Å². The molecule has 2 heterocycles. The van der Waals surface area contributed by atoms with Crippen molar-refractivity contribution in [1.29, 1.82) is 0 Å². The normalized spacial score (nSPS) is 11.5. The molecule has 0 amide bonds. The lowest BCUT2D eigenvalue weighted by molar-refractivity contribution is -0.140. The van der Waals surface area contributed by atoms with Crippen LogP contribution in [0, 0.1) is 0 Å². The standard InChI is InChI=1S/C31H26O12/c1-41-27(38)11-8-20(28-25(36)14-18(42-30(28)39)6-2-16-4-9-21(32)23(34)12-16)29-26(37)15-19(43-31(29)40)7-3-17-5-10-22(33)24(35)13-17/h2-7,9-10,12-15,20,32-37H,8,11H2,1H3/b6-2+,7-3+. The van der Waals surface area contributed by atoms with Crippen LogP contribution in [0.15, 0.2) is 67.0 Å². The molecule has 0 aliphatic carbocycles. The van der Waals surface area contributed by atoms with E-state index < -0.39 is 45.8 Å².